The van der Waals surface area contributed by atoms with Crippen LogP contribution in [0.5, 0.6) is 0 Å². The van der Waals surface area contributed by atoms with E-state index in [0.717, 1.165) is 0 Å². The normalized spacial score (nSPS) is 13.9. The number of unbranched alkanes of at least 4 members (excludes halogenated alkanes) is 1. The summed E-state index contributed by atoms with van der Waals surface area (Å²) < 4.78 is 0. The molecule has 0 aromatic carbocycles. The molecule has 0 saturated carbocycles. The van der Waals surface area contributed by atoms with Crippen LogP contribution in [-0.4, -0.2) is 11.6 Å². The maximum atomic E-state index is 4.85. The largest absolute Gasteiger partial charge is 1.00 e. The fraction of sp³-hybridized carbons (Fsp3) is 1.00. The minimum Gasteiger partial charge on any atom is -0.654 e. The third-order valence-corrected chi connectivity index (χ3v) is 2.18. The minimum absolute atomic E-state index is 0. The Morgan fingerprint density at radius 3 is 1.93 bits per heavy atom. The SMILES string of the molecule is CCCCC([N-]C(C)(C)C)C(C)C.[Li+]. The van der Waals surface area contributed by atoms with Gasteiger partial charge in [0.05, 0.1) is 0 Å². The summed E-state index contributed by atoms with van der Waals surface area (Å²) in [7, 11) is 0. The van der Waals surface area contributed by atoms with Crippen LogP contribution in [0.15, 0.2) is 0 Å². The molecule has 14 heavy (non-hydrogen) atoms. The second kappa shape index (κ2) is 7.80. The Hall–Kier alpha value is 0.557. The summed E-state index contributed by atoms with van der Waals surface area (Å²) in [5.41, 5.74) is 0.128. The molecule has 0 rings (SSSR count). The van der Waals surface area contributed by atoms with Crippen LogP contribution >= 0.6 is 0 Å². The van der Waals surface area contributed by atoms with Crippen LogP contribution in [0, 0.1) is 5.92 Å². The predicted molar refractivity (Wildman–Crippen MR) is 61.3 cm³/mol. The van der Waals surface area contributed by atoms with Crippen molar-refractivity contribution in [1.29, 1.82) is 0 Å². The first-order valence-corrected chi connectivity index (χ1v) is 5.59. The molecule has 0 saturated heterocycles. The summed E-state index contributed by atoms with van der Waals surface area (Å²) in [4.78, 5) is 0. The van der Waals surface area contributed by atoms with Gasteiger partial charge in [0.25, 0.3) is 0 Å². The summed E-state index contributed by atoms with van der Waals surface area (Å²) in [6, 6.07) is 0.556. The Morgan fingerprint density at radius 1 is 1.14 bits per heavy atom. The zero-order valence-electron chi connectivity index (χ0n) is 11.2. The molecule has 0 fully saturated rings. The fourth-order valence-corrected chi connectivity index (χ4v) is 1.46. The van der Waals surface area contributed by atoms with Gasteiger partial charge in [-0.25, -0.2) is 0 Å². The molecular formula is C12H26LiN. The first-order valence-electron chi connectivity index (χ1n) is 5.59. The van der Waals surface area contributed by atoms with Crippen molar-refractivity contribution in [2.75, 3.05) is 0 Å². The molecule has 0 aliphatic rings. The molecular weight excluding hydrogens is 165 g/mol. The fourth-order valence-electron chi connectivity index (χ4n) is 1.46. The molecule has 0 N–H and O–H groups in total. The van der Waals surface area contributed by atoms with Crippen molar-refractivity contribution in [3.63, 3.8) is 0 Å². The topological polar surface area (TPSA) is 14.1 Å². The minimum atomic E-state index is 0. The van der Waals surface area contributed by atoms with Crippen molar-refractivity contribution in [3.8, 4) is 0 Å². The second-order valence-corrected chi connectivity index (χ2v) is 5.25. The molecule has 0 aromatic heterocycles. The van der Waals surface area contributed by atoms with Gasteiger partial charge in [0, 0.05) is 0 Å². The van der Waals surface area contributed by atoms with Crippen molar-refractivity contribution < 1.29 is 18.9 Å². The molecule has 2 heteroatoms. The molecule has 0 aliphatic heterocycles. The van der Waals surface area contributed by atoms with E-state index in [-0.39, 0.29) is 24.4 Å². The molecule has 0 spiro atoms. The number of rotatable bonds is 5. The molecule has 0 radical (unpaired) electrons. The summed E-state index contributed by atoms with van der Waals surface area (Å²) in [5, 5.41) is 4.85. The van der Waals surface area contributed by atoms with E-state index in [2.05, 4.69) is 41.5 Å². The standard InChI is InChI=1S/C12H26N.Li/c1-7-8-9-11(10(2)3)13-12(4,5)6;/h10-11H,7-9H2,1-6H3;/q-1;+1. The molecule has 0 heterocycles. The van der Waals surface area contributed by atoms with E-state index in [0.29, 0.717) is 12.0 Å². The van der Waals surface area contributed by atoms with E-state index in [1.54, 1.807) is 0 Å². The first kappa shape index (κ1) is 17.0. The van der Waals surface area contributed by atoms with E-state index < -0.39 is 0 Å². The van der Waals surface area contributed by atoms with Crippen LogP contribution in [0.1, 0.15) is 60.8 Å². The van der Waals surface area contributed by atoms with Crippen LogP contribution in [0.4, 0.5) is 0 Å². The van der Waals surface area contributed by atoms with Crippen molar-refractivity contribution in [1.82, 2.24) is 0 Å². The van der Waals surface area contributed by atoms with Gasteiger partial charge in [-0.15, -0.1) is 11.6 Å². The molecule has 0 aromatic rings. The Balaban J connectivity index is 0. The quantitative estimate of drug-likeness (QED) is 0.583. The maximum Gasteiger partial charge on any atom is 1.00 e. The van der Waals surface area contributed by atoms with Crippen molar-refractivity contribution in [2.45, 2.75) is 72.4 Å². The number of hydrogen-bond donors (Lipinski definition) is 0. The van der Waals surface area contributed by atoms with Crippen molar-refractivity contribution in [2.24, 2.45) is 5.92 Å². The van der Waals surface area contributed by atoms with Crippen LogP contribution in [0.25, 0.3) is 5.32 Å². The molecule has 0 amide bonds. The number of hydrogen-bond acceptors (Lipinski definition) is 0. The van der Waals surface area contributed by atoms with E-state index in [4.69, 9.17) is 5.32 Å². The predicted octanol–water partition coefficient (Wildman–Crippen LogP) is 1.38. The van der Waals surface area contributed by atoms with Crippen LogP contribution < -0.4 is 18.9 Å². The van der Waals surface area contributed by atoms with Gasteiger partial charge in [-0.05, 0) is 0 Å². The van der Waals surface area contributed by atoms with Gasteiger partial charge in [-0.3, -0.25) is 0 Å². The van der Waals surface area contributed by atoms with Gasteiger partial charge in [0.2, 0.25) is 0 Å². The summed E-state index contributed by atoms with van der Waals surface area (Å²) >= 11 is 0. The molecule has 1 atom stereocenters. The zero-order chi connectivity index (χ0) is 10.5. The van der Waals surface area contributed by atoms with Gasteiger partial charge in [-0.2, -0.15) is 0 Å². The van der Waals surface area contributed by atoms with E-state index >= 15 is 0 Å². The van der Waals surface area contributed by atoms with E-state index in [1.807, 2.05) is 0 Å². The molecule has 0 aliphatic carbocycles. The molecule has 1 unspecified atom stereocenters. The first-order chi connectivity index (χ1) is 5.87. The average molecular weight is 191 g/mol. The van der Waals surface area contributed by atoms with Gasteiger partial charge >= 0.3 is 18.9 Å². The Morgan fingerprint density at radius 2 is 1.64 bits per heavy atom. The zero-order valence-corrected chi connectivity index (χ0v) is 11.2. The molecule has 80 valence electrons. The van der Waals surface area contributed by atoms with Gasteiger partial charge in [0.15, 0.2) is 0 Å². The van der Waals surface area contributed by atoms with Gasteiger partial charge in [0.1, 0.15) is 0 Å². The maximum absolute atomic E-state index is 4.85. The van der Waals surface area contributed by atoms with Gasteiger partial charge in [-0.1, -0.05) is 66.7 Å². The summed E-state index contributed by atoms with van der Waals surface area (Å²) in [5.74, 6) is 0.686. The molecule has 1 nitrogen and oxygen atoms in total. The third-order valence-electron chi connectivity index (χ3n) is 2.18. The monoisotopic (exact) mass is 191 g/mol. The molecule has 0 bridgehead atoms. The number of nitrogens with zero attached hydrogens (tertiary/aromatic N) is 1. The van der Waals surface area contributed by atoms with Crippen LogP contribution in [0.3, 0.4) is 0 Å². The Labute approximate surface area is 103 Å². The van der Waals surface area contributed by atoms with Crippen molar-refractivity contribution in [3.05, 3.63) is 5.32 Å². The summed E-state index contributed by atoms with van der Waals surface area (Å²) in [6.07, 6.45) is 3.84. The van der Waals surface area contributed by atoms with E-state index in [1.165, 1.54) is 19.3 Å². The smallest absolute Gasteiger partial charge is 0.654 e. The second-order valence-electron chi connectivity index (χ2n) is 5.25. The third kappa shape index (κ3) is 9.13. The Bertz CT molecular complexity index is 127. The van der Waals surface area contributed by atoms with Crippen LogP contribution in [0.2, 0.25) is 0 Å². The summed E-state index contributed by atoms with van der Waals surface area (Å²) in [6.45, 7) is 13.4. The van der Waals surface area contributed by atoms with E-state index in [9.17, 15) is 0 Å². The van der Waals surface area contributed by atoms with Gasteiger partial charge < -0.3 is 5.32 Å². The van der Waals surface area contributed by atoms with Crippen molar-refractivity contribution >= 4 is 0 Å². The van der Waals surface area contributed by atoms with Crippen LogP contribution in [-0.2, 0) is 0 Å². The average Bonchev–Trinajstić information content (AvgIpc) is 1.95. The Kier molecular flexibility index (Phi) is 9.45.